The molecule has 2 fully saturated rings. The Labute approximate surface area is 149 Å². The Balaban J connectivity index is 1.76. The van der Waals surface area contributed by atoms with Crippen LogP contribution in [0.2, 0.25) is 0 Å². The topological polar surface area (TPSA) is 49.9 Å². The van der Waals surface area contributed by atoms with Crippen molar-refractivity contribution < 1.29 is 14.3 Å². The van der Waals surface area contributed by atoms with E-state index in [0.717, 1.165) is 38.8 Å². The van der Waals surface area contributed by atoms with Crippen LogP contribution in [0.1, 0.15) is 50.2 Å². The molecule has 136 valence electrons. The van der Waals surface area contributed by atoms with Crippen molar-refractivity contribution in [2.45, 2.75) is 51.6 Å². The molecule has 2 unspecified atom stereocenters. The molecule has 1 aromatic carbocycles. The van der Waals surface area contributed by atoms with Gasteiger partial charge in [-0.05, 0) is 36.8 Å². The van der Waals surface area contributed by atoms with Crippen LogP contribution >= 0.6 is 0 Å². The van der Waals surface area contributed by atoms with Gasteiger partial charge in [0.15, 0.2) is 0 Å². The fourth-order valence-corrected chi connectivity index (χ4v) is 3.90. The number of benzene rings is 1. The van der Waals surface area contributed by atoms with Crippen molar-refractivity contribution in [2.75, 3.05) is 26.2 Å². The molecule has 25 heavy (non-hydrogen) atoms. The number of piperidine rings is 1. The summed E-state index contributed by atoms with van der Waals surface area (Å²) in [7, 11) is 0. The summed E-state index contributed by atoms with van der Waals surface area (Å²) >= 11 is 0. The number of hydrogen-bond donors (Lipinski definition) is 0. The second-order valence-corrected chi connectivity index (χ2v) is 7.14. The number of aryl methyl sites for hydroxylation is 1. The number of carbonyl (C=O) groups is 2. The first-order chi connectivity index (χ1) is 12.1. The molecule has 0 spiro atoms. The summed E-state index contributed by atoms with van der Waals surface area (Å²) in [5, 5.41) is 0. The lowest BCUT2D eigenvalue weighted by Gasteiger charge is -2.39. The molecule has 2 heterocycles. The molecule has 0 radical (unpaired) electrons. The molecule has 2 aliphatic rings. The second kappa shape index (κ2) is 7.89. The number of hydrogen-bond acceptors (Lipinski definition) is 3. The fourth-order valence-electron chi connectivity index (χ4n) is 3.90. The fraction of sp³-hybridized carbons (Fsp3) is 0.600. The van der Waals surface area contributed by atoms with E-state index in [9.17, 15) is 9.59 Å². The summed E-state index contributed by atoms with van der Waals surface area (Å²) in [5.41, 5.74) is 2.52. The molecular weight excluding hydrogens is 316 g/mol. The van der Waals surface area contributed by atoms with Gasteiger partial charge in [0, 0.05) is 32.5 Å². The average Bonchev–Trinajstić information content (AvgIpc) is 3.15. The number of esters is 1. The SMILES string of the molecule is CCc1ccc(C2CC(OC(C)=O)CN(C(=O)N3CCCC3)C2)cc1. The zero-order valence-electron chi connectivity index (χ0n) is 15.2. The molecule has 2 aliphatic heterocycles. The highest BCUT2D eigenvalue weighted by Crippen LogP contribution is 2.30. The summed E-state index contributed by atoms with van der Waals surface area (Å²) in [6.45, 7) is 6.44. The van der Waals surface area contributed by atoms with Crippen molar-refractivity contribution in [3.05, 3.63) is 35.4 Å². The lowest BCUT2D eigenvalue weighted by Crippen LogP contribution is -2.51. The second-order valence-electron chi connectivity index (χ2n) is 7.14. The van der Waals surface area contributed by atoms with Gasteiger partial charge in [-0.2, -0.15) is 0 Å². The van der Waals surface area contributed by atoms with Gasteiger partial charge in [0.05, 0.1) is 6.54 Å². The van der Waals surface area contributed by atoms with Crippen LogP contribution in [0.4, 0.5) is 4.79 Å². The van der Waals surface area contributed by atoms with E-state index >= 15 is 0 Å². The molecule has 5 heteroatoms. The lowest BCUT2D eigenvalue weighted by atomic mass is 9.88. The predicted octanol–water partition coefficient (Wildman–Crippen LogP) is 3.19. The Hall–Kier alpha value is -2.04. The molecule has 2 saturated heterocycles. The van der Waals surface area contributed by atoms with Crippen LogP contribution in [0.15, 0.2) is 24.3 Å². The summed E-state index contributed by atoms with van der Waals surface area (Å²) < 4.78 is 5.48. The number of rotatable bonds is 3. The van der Waals surface area contributed by atoms with E-state index in [2.05, 4.69) is 31.2 Å². The number of likely N-dealkylation sites (tertiary alicyclic amines) is 2. The lowest BCUT2D eigenvalue weighted by molar-refractivity contribution is -0.148. The minimum Gasteiger partial charge on any atom is -0.461 e. The third-order valence-electron chi connectivity index (χ3n) is 5.25. The molecular formula is C20H28N2O3. The molecule has 0 aliphatic carbocycles. The normalized spacial score (nSPS) is 23.6. The molecule has 2 atom stereocenters. The Morgan fingerprint density at radius 1 is 1.08 bits per heavy atom. The smallest absolute Gasteiger partial charge is 0.320 e. The van der Waals surface area contributed by atoms with E-state index in [-0.39, 0.29) is 24.0 Å². The number of nitrogens with zero attached hydrogens (tertiary/aromatic N) is 2. The minimum atomic E-state index is -0.277. The Morgan fingerprint density at radius 2 is 1.76 bits per heavy atom. The summed E-state index contributed by atoms with van der Waals surface area (Å²) in [6, 6.07) is 8.69. The minimum absolute atomic E-state index is 0.0875. The average molecular weight is 344 g/mol. The quantitative estimate of drug-likeness (QED) is 0.791. The molecule has 1 aromatic rings. The van der Waals surface area contributed by atoms with Crippen molar-refractivity contribution in [2.24, 2.45) is 0 Å². The number of urea groups is 1. The maximum Gasteiger partial charge on any atom is 0.320 e. The monoisotopic (exact) mass is 344 g/mol. The molecule has 3 rings (SSSR count). The molecule has 0 aromatic heterocycles. The van der Waals surface area contributed by atoms with E-state index in [1.807, 2.05) is 9.80 Å². The van der Waals surface area contributed by atoms with Crippen LogP contribution in [-0.2, 0) is 16.0 Å². The van der Waals surface area contributed by atoms with Crippen LogP contribution in [0.25, 0.3) is 0 Å². The zero-order valence-corrected chi connectivity index (χ0v) is 15.2. The Bertz CT molecular complexity index is 608. The van der Waals surface area contributed by atoms with Gasteiger partial charge >= 0.3 is 12.0 Å². The molecule has 0 saturated carbocycles. The molecule has 0 bridgehead atoms. The van der Waals surface area contributed by atoms with Crippen LogP contribution < -0.4 is 0 Å². The predicted molar refractivity (Wildman–Crippen MR) is 96.5 cm³/mol. The first-order valence-electron chi connectivity index (χ1n) is 9.36. The highest BCUT2D eigenvalue weighted by molar-refractivity contribution is 5.75. The third-order valence-corrected chi connectivity index (χ3v) is 5.25. The largest absolute Gasteiger partial charge is 0.461 e. The first-order valence-corrected chi connectivity index (χ1v) is 9.36. The molecule has 0 N–H and O–H groups in total. The summed E-state index contributed by atoms with van der Waals surface area (Å²) in [4.78, 5) is 28.1. The standard InChI is InChI=1S/C20H28N2O3/c1-3-16-6-8-17(9-7-16)18-12-19(25-15(2)23)14-22(13-18)20(24)21-10-4-5-11-21/h6-9,18-19H,3-5,10-14H2,1-2H3. The third kappa shape index (κ3) is 4.33. The van der Waals surface area contributed by atoms with Gasteiger partial charge in [-0.25, -0.2) is 4.79 Å². The molecule has 2 amide bonds. The van der Waals surface area contributed by atoms with Crippen LogP contribution in [0.5, 0.6) is 0 Å². The van der Waals surface area contributed by atoms with Gasteiger partial charge in [0.1, 0.15) is 6.10 Å². The van der Waals surface area contributed by atoms with Crippen molar-refractivity contribution in [3.8, 4) is 0 Å². The number of carbonyl (C=O) groups excluding carboxylic acids is 2. The van der Waals surface area contributed by atoms with Crippen LogP contribution in [0.3, 0.4) is 0 Å². The van der Waals surface area contributed by atoms with Crippen LogP contribution in [-0.4, -0.2) is 54.1 Å². The van der Waals surface area contributed by atoms with Crippen molar-refractivity contribution in [1.82, 2.24) is 9.80 Å². The van der Waals surface area contributed by atoms with E-state index in [1.54, 1.807) is 0 Å². The van der Waals surface area contributed by atoms with Crippen molar-refractivity contribution >= 4 is 12.0 Å². The summed E-state index contributed by atoms with van der Waals surface area (Å²) in [6.07, 6.45) is 3.72. The maximum absolute atomic E-state index is 12.8. The number of ether oxygens (including phenoxy) is 1. The Morgan fingerprint density at radius 3 is 2.36 bits per heavy atom. The van der Waals surface area contributed by atoms with Gasteiger partial charge < -0.3 is 14.5 Å². The zero-order chi connectivity index (χ0) is 17.8. The first kappa shape index (κ1) is 17.8. The van der Waals surface area contributed by atoms with Crippen molar-refractivity contribution in [1.29, 1.82) is 0 Å². The van der Waals surface area contributed by atoms with Gasteiger partial charge in [0.25, 0.3) is 0 Å². The van der Waals surface area contributed by atoms with E-state index in [1.165, 1.54) is 18.1 Å². The van der Waals surface area contributed by atoms with E-state index in [0.29, 0.717) is 13.1 Å². The Kier molecular flexibility index (Phi) is 5.61. The highest BCUT2D eigenvalue weighted by Gasteiger charge is 2.34. The van der Waals surface area contributed by atoms with E-state index < -0.39 is 0 Å². The van der Waals surface area contributed by atoms with Crippen LogP contribution in [0, 0.1) is 0 Å². The van der Waals surface area contributed by atoms with Gasteiger partial charge in [-0.3, -0.25) is 4.79 Å². The maximum atomic E-state index is 12.8. The van der Waals surface area contributed by atoms with Gasteiger partial charge in [-0.15, -0.1) is 0 Å². The summed E-state index contributed by atoms with van der Waals surface area (Å²) in [5.74, 6) is -0.0730. The molecule has 5 nitrogen and oxygen atoms in total. The van der Waals surface area contributed by atoms with Crippen molar-refractivity contribution in [3.63, 3.8) is 0 Å². The highest BCUT2D eigenvalue weighted by atomic mass is 16.5. The van der Waals surface area contributed by atoms with E-state index in [4.69, 9.17) is 4.74 Å². The van der Waals surface area contributed by atoms with Gasteiger partial charge in [-0.1, -0.05) is 31.2 Å². The van der Waals surface area contributed by atoms with Gasteiger partial charge in [0.2, 0.25) is 0 Å². The number of amides is 2.